The van der Waals surface area contributed by atoms with Gasteiger partial charge in [0.25, 0.3) is 5.56 Å². The maximum atomic E-state index is 12.2. The number of nitrogens with zero attached hydrogens (tertiary/aromatic N) is 3. The highest BCUT2D eigenvalue weighted by molar-refractivity contribution is 5.90. The Morgan fingerprint density at radius 1 is 1.22 bits per heavy atom. The SMILES string of the molecule is Cc1cc(C)n(CC(=O)Nc2cccc(C#N)c2)c(=O)c1C#N. The Kier molecular flexibility index (Phi) is 4.58. The first-order chi connectivity index (χ1) is 11.0. The Morgan fingerprint density at radius 2 is 1.96 bits per heavy atom. The van der Waals surface area contributed by atoms with Crippen LogP contribution in [0.4, 0.5) is 5.69 Å². The molecule has 0 unspecified atom stereocenters. The topological polar surface area (TPSA) is 98.7 Å². The second-order valence-electron chi connectivity index (χ2n) is 5.09. The number of nitriles is 2. The van der Waals surface area contributed by atoms with Gasteiger partial charge in [-0.25, -0.2) is 0 Å². The molecular formula is C17H14N4O2. The quantitative estimate of drug-likeness (QED) is 0.935. The van der Waals surface area contributed by atoms with Crippen molar-refractivity contribution < 1.29 is 4.79 Å². The zero-order valence-corrected chi connectivity index (χ0v) is 12.8. The van der Waals surface area contributed by atoms with E-state index in [0.717, 1.165) is 0 Å². The summed E-state index contributed by atoms with van der Waals surface area (Å²) in [4.78, 5) is 24.4. The van der Waals surface area contributed by atoms with Gasteiger partial charge < -0.3 is 9.88 Å². The predicted octanol–water partition coefficient (Wildman–Crippen LogP) is 1.85. The van der Waals surface area contributed by atoms with Gasteiger partial charge in [-0.1, -0.05) is 6.07 Å². The van der Waals surface area contributed by atoms with E-state index in [9.17, 15) is 9.59 Å². The van der Waals surface area contributed by atoms with Crippen molar-refractivity contribution in [2.75, 3.05) is 5.32 Å². The van der Waals surface area contributed by atoms with Crippen molar-refractivity contribution in [1.29, 1.82) is 10.5 Å². The van der Waals surface area contributed by atoms with Crippen LogP contribution in [-0.4, -0.2) is 10.5 Å². The van der Waals surface area contributed by atoms with E-state index in [2.05, 4.69) is 5.32 Å². The standard InChI is InChI=1S/C17H14N4O2/c1-11-6-12(2)21(17(23)15(11)9-19)10-16(22)20-14-5-3-4-13(7-14)8-18/h3-7H,10H2,1-2H3,(H,20,22). The molecule has 0 fully saturated rings. The highest BCUT2D eigenvalue weighted by atomic mass is 16.2. The summed E-state index contributed by atoms with van der Waals surface area (Å²) in [5.41, 5.74) is 1.66. The summed E-state index contributed by atoms with van der Waals surface area (Å²) >= 11 is 0. The number of anilines is 1. The van der Waals surface area contributed by atoms with Crippen LogP contribution in [0.3, 0.4) is 0 Å². The molecule has 6 heteroatoms. The van der Waals surface area contributed by atoms with E-state index in [1.165, 1.54) is 4.57 Å². The van der Waals surface area contributed by atoms with Crippen LogP contribution in [0.25, 0.3) is 0 Å². The van der Waals surface area contributed by atoms with Crippen LogP contribution in [0.1, 0.15) is 22.4 Å². The lowest BCUT2D eigenvalue weighted by Gasteiger charge is -2.12. The average Bonchev–Trinajstić information content (AvgIpc) is 2.52. The number of carbonyl (C=O) groups is 1. The third-order valence-electron chi connectivity index (χ3n) is 3.39. The van der Waals surface area contributed by atoms with Gasteiger partial charge in [-0.3, -0.25) is 9.59 Å². The number of hydrogen-bond acceptors (Lipinski definition) is 4. The van der Waals surface area contributed by atoms with Gasteiger partial charge in [0.15, 0.2) is 0 Å². The number of aryl methyl sites for hydroxylation is 2. The molecule has 6 nitrogen and oxygen atoms in total. The third-order valence-corrected chi connectivity index (χ3v) is 3.39. The molecule has 0 aliphatic rings. The number of rotatable bonds is 3. The number of nitrogens with one attached hydrogen (secondary N) is 1. The number of hydrogen-bond donors (Lipinski definition) is 1. The van der Waals surface area contributed by atoms with Crippen LogP contribution in [0.2, 0.25) is 0 Å². The molecule has 0 radical (unpaired) electrons. The smallest absolute Gasteiger partial charge is 0.269 e. The molecule has 114 valence electrons. The first kappa shape index (κ1) is 16.0. The number of aromatic nitrogens is 1. The molecule has 23 heavy (non-hydrogen) atoms. The van der Waals surface area contributed by atoms with Crippen molar-refractivity contribution >= 4 is 11.6 Å². The van der Waals surface area contributed by atoms with E-state index in [0.29, 0.717) is 22.5 Å². The van der Waals surface area contributed by atoms with Gasteiger partial charge in [0.1, 0.15) is 18.2 Å². The second-order valence-corrected chi connectivity index (χ2v) is 5.09. The van der Waals surface area contributed by atoms with E-state index in [1.54, 1.807) is 44.2 Å². The Labute approximate surface area is 133 Å². The highest BCUT2D eigenvalue weighted by Gasteiger charge is 2.13. The third kappa shape index (κ3) is 3.45. The first-order valence-corrected chi connectivity index (χ1v) is 6.87. The van der Waals surface area contributed by atoms with Crippen molar-refractivity contribution in [1.82, 2.24) is 4.57 Å². The van der Waals surface area contributed by atoms with Crippen LogP contribution < -0.4 is 10.9 Å². The summed E-state index contributed by atoms with van der Waals surface area (Å²) in [5, 5.41) is 20.5. The van der Waals surface area contributed by atoms with Gasteiger partial charge in [0, 0.05) is 11.4 Å². The van der Waals surface area contributed by atoms with Gasteiger partial charge in [-0.15, -0.1) is 0 Å². The minimum atomic E-state index is -0.481. The molecule has 1 aromatic heterocycles. The summed E-state index contributed by atoms with van der Waals surface area (Å²) in [6.45, 7) is 3.19. The van der Waals surface area contributed by atoms with Gasteiger partial charge in [0.2, 0.25) is 5.91 Å². The minimum Gasteiger partial charge on any atom is -0.324 e. The first-order valence-electron chi connectivity index (χ1n) is 6.87. The molecule has 1 heterocycles. The van der Waals surface area contributed by atoms with Crippen molar-refractivity contribution in [2.24, 2.45) is 0 Å². The zero-order valence-electron chi connectivity index (χ0n) is 12.8. The lowest BCUT2D eigenvalue weighted by atomic mass is 10.1. The summed E-state index contributed by atoms with van der Waals surface area (Å²) in [7, 11) is 0. The van der Waals surface area contributed by atoms with Gasteiger partial charge in [-0.05, 0) is 43.7 Å². The maximum absolute atomic E-state index is 12.2. The lowest BCUT2D eigenvalue weighted by molar-refractivity contribution is -0.116. The van der Waals surface area contributed by atoms with Crippen LogP contribution in [0.5, 0.6) is 0 Å². The molecule has 0 atom stereocenters. The molecule has 0 saturated carbocycles. The largest absolute Gasteiger partial charge is 0.324 e. The van der Waals surface area contributed by atoms with E-state index in [-0.39, 0.29) is 12.1 Å². The molecule has 0 aliphatic heterocycles. The van der Waals surface area contributed by atoms with Crippen LogP contribution in [0, 0.1) is 36.5 Å². The van der Waals surface area contributed by atoms with E-state index >= 15 is 0 Å². The lowest BCUT2D eigenvalue weighted by Crippen LogP contribution is -2.31. The average molecular weight is 306 g/mol. The molecular weight excluding hydrogens is 292 g/mol. The molecule has 0 saturated heterocycles. The monoisotopic (exact) mass is 306 g/mol. The van der Waals surface area contributed by atoms with E-state index in [1.807, 2.05) is 12.1 Å². The fourth-order valence-corrected chi connectivity index (χ4v) is 2.27. The molecule has 0 aliphatic carbocycles. The molecule has 2 aromatic rings. The number of amides is 1. The van der Waals surface area contributed by atoms with Crippen molar-refractivity contribution in [3.8, 4) is 12.1 Å². The van der Waals surface area contributed by atoms with E-state index < -0.39 is 11.5 Å². The molecule has 0 spiro atoms. The van der Waals surface area contributed by atoms with Crippen LogP contribution >= 0.6 is 0 Å². The molecule has 0 bridgehead atoms. The second kappa shape index (κ2) is 6.59. The summed E-state index contributed by atoms with van der Waals surface area (Å²) < 4.78 is 1.26. The Morgan fingerprint density at radius 3 is 2.61 bits per heavy atom. The number of pyridine rings is 1. The van der Waals surface area contributed by atoms with Crippen molar-refractivity contribution in [3.05, 3.63) is 63.1 Å². The Bertz CT molecular complexity index is 914. The van der Waals surface area contributed by atoms with Gasteiger partial charge in [0.05, 0.1) is 11.6 Å². The summed E-state index contributed by atoms with van der Waals surface area (Å²) in [6.07, 6.45) is 0. The van der Waals surface area contributed by atoms with Crippen molar-refractivity contribution in [2.45, 2.75) is 20.4 Å². The summed E-state index contributed by atoms with van der Waals surface area (Å²) in [6, 6.07) is 12.0. The maximum Gasteiger partial charge on any atom is 0.269 e. The fraction of sp³-hybridized carbons (Fsp3) is 0.176. The summed E-state index contributed by atoms with van der Waals surface area (Å²) in [5.74, 6) is -0.405. The van der Waals surface area contributed by atoms with Crippen LogP contribution in [-0.2, 0) is 11.3 Å². The van der Waals surface area contributed by atoms with Crippen molar-refractivity contribution in [3.63, 3.8) is 0 Å². The highest BCUT2D eigenvalue weighted by Crippen LogP contribution is 2.10. The molecule has 1 amide bonds. The number of benzene rings is 1. The number of carbonyl (C=O) groups excluding carboxylic acids is 1. The molecule has 1 N–H and O–H groups in total. The zero-order chi connectivity index (χ0) is 17.0. The van der Waals surface area contributed by atoms with Crippen LogP contribution in [0.15, 0.2) is 35.1 Å². The van der Waals surface area contributed by atoms with Gasteiger partial charge in [-0.2, -0.15) is 10.5 Å². The fourth-order valence-electron chi connectivity index (χ4n) is 2.27. The Balaban J connectivity index is 2.26. The normalized spacial score (nSPS) is 9.74. The van der Waals surface area contributed by atoms with Gasteiger partial charge >= 0.3 is 0 Å². The molecule has 1 aromatic carbocycles. The predicted molar refractivity (Wildman–Crippen MR) is 84.7 cm³/mol. The molecule has 2 rings (SSSR count). The Hall–Kier alpha value is -3.38. The van der Waals surface area contributed by atoms with E-state index in [4.69, 9.17) is 10.5 Å². The minimum absolute atomic E-state index is 0.0369.